The van der Waals surface area contributed by atoms with Crippen LogP contribution in [0.5, 0.6) is 0 Å². The molecule has 0 heterocycles. The van der Waals surface area contributed by atoms with Crippen LogP contribution in [0.25, 0.3) is 11.1 Å². The first-order chi connectivity index (χ1) is 8.38. The highest BCUT2D eigenvalue weighted by Gasteiger charge is 2.31. The van der Waals surface area contributed by atoms with Gasteiger partial charge in [-0.2, -0.15) is 13.2 Å². The Morgan fingerprint density at radius 3 is 2.44 bits per heavy atom. The molecule has 0 saturated heterocycles. The van der Waals surface area contributed by atoms with Gasteiger partial charge in [-0.25, -0.2) is 0 Å². The van der Waals surface area contributed by atoms with Gasteiger partial charge in [-0.3, -0.25) is 0 Å². The zero-order valence-electron chi connectivity index (χ0n) is 9.48. The summed E-state index contributed by atoms with van der Waals surface area (Å²) in [4.78, 5) is 0. The molecule has 0 aliphatic carbocycles. The van der Waals surface area contributed by atoms with Gasteiger partial charge in [0.15, 0.2) is 0 Å². The van der Waals surface area contributed by atoms with Crippen LogP contribution in [-0.2, 0) is 6.18 Å². The fraction of sp³-hybridized carbons (Fsp3) is 0.143. The van der Waals surface area contributed by atoms with Crippen molar-refractivity contribution in [3.63, 3.8) is 0 Å². The Labute approximate surface area is 108 Å². The second kappa shape index (κ2) is 4.65. The predicted octanol–water partition coefficient (Wildman–Crippen LogP) is 5.13. The van der Waals surface area contributed by atoms with Gasteiger partial charge < -0.3 is 0 Å². The van der Waals surface area contributed by atoms with Crippen molar-refractivity contribution in [2.45, 2.75) is 13.1 Å². The maximum Gasteiger partial charge on any atom is 0.416 e. The van der Waals surface area contributed by atoms with Crippen LogP contribution < -0.4 is 0 Å². The second-order valence-electron chi connectivity index (χ2n) is 3.97. The lowest BCUT2D eigenvalue weighted by molar-refractivity contribution is -0.137. The maximum absolute atomic E-state index is 12.6. The summed E-state index contributed by atoms with van der Waals surface area (Å²) < 4.78 is 37.9. The molecule has 4 heteroatoms. The van der Waals surface area contributed by atoms with Gasteiger partial charge in [0.1, 0.15) is 0 Å². The summed E-state index contributed by atoms with van der Waals surface area (Å²) >= 11 is 5.95. The minimum Gasteiger partial charge on any atom is -0.166 e. The van der Waals surface area contributed by atoms with Crippen LogP contribution in [0.4, 0.5) is 13.2 Å². The largest absolute Gasteiger partial charge is 0.416 e. The minimum atomic E-state index is -4.37. The number of benzene rings is 2. The first kappa shape index (κ1) is 13.0. The van der Waals surface area contributed by atoms with Crippen LogP contribution >= 0.6 is 11.6 Å². The van der Waals surface area contributed by atoms with Crippen LogP contribution in [0.3, 0.4) is 0 Å². The fourth-order valence-corrected chi connectivity index (χ4v) is 1.86. The number of hydrogen-bond acceptors (Lipinski definition) is 0. The van der Waals surface area contributed by atoms with E-state index >= 15 is 0 Å². The molecule has 0 fully saturated rings. The molecule has 0 aliphatic heterocycles. The SMILES string of the molecule is Cc1cc[c]c(-c2cc(C(F)(F)F)ccc2Cl)c1. The fourth-order valence-electron chi connectivity index (χ4n) is 1.64. The van der Waals surface area contributed by atoms with Gasteiger partial charge in [-0.15, -0.1) is 0 Å². The molecule has 1 radical (unpaired) electrons. The Kier molecular flexibility index (Phi) is 3.35. The summed E-state index contributed by atoms with van der Waals surface area (Å²) in [5.41, 5.74) is 1.13. The van der Waals surface area contributed by atoms with E-state index in [2.05, 4.69) is 6.07 Å². The Hall–Kier alpha value is -1.48. The van der Waals surface area contributed by atoms with E-state index in [0.29, 0.717) is 11.1 Å². The standard InChI is InChI=1S/C14H9ClF3/c1-9-3-2-4-10(7-9)12-8-11(14(16,17)18)5-6-13(12)15/h2-3,5-8H,1H3. The van der Waals surface area contributed by atoms with Gasteiger partial charge >= 0.3 is 6.18 Å². The van der Waals surface area contributed by atoms with Crippen molar-refractivity contribution >= 4 is 11.6 Å². The van der Waals surface area contributed by atoms with Crippen LogP contribution in [0.15, 0.2) is 36.4 Å². The Morgan fingerprint density at radius 2 is 1.83 bits per heavy atom. The predicted molar refractivity (Wildman–Crippen MR) is 65.5 cm³/mol. The highest BCUT2D eigenvalue weighted by atomic mass is 35.5. The molecule has 0 aliphatic rings. The molecule has 0 nitrogen and oxygen atoms in total. The van der Waals surface area contributed by atoms with Crippen molar-refractivity contribution < 1.29 is 13.2 Å². The molecular formula is C14H9ClF3. The molecule has 0 spiro atoms. The molecule has 2 rings (SSSR count). The average Bonchev–Trinajstić information content (AvgIpc) is 2.28. The van der Waals surface area contributed by atoms with Gasteiger partial charge in [-0.1, -0.05) is 35.4 Å². The lowest BCUT2D eigenvalue weighted by Gasteiger charge is -2.10. The van der Waals surface area contributed by atoms with E-state index in [1.165, 1.54) is 6.07 Å². The van der Waals surface area contributed by atoms with Gasteiger partial charge in [0.2, 0.25) is 0 Å². The third-order valence-electron chi connectivity index (χ3n) is 2.54. The van der Waals surface area contributed by atoms with Gasteiger partial charge in [0.25, 0.3) is 0 Å². The average molecular weight is 270 g/mol. The Bertz CT molecular complexity index is 573. The summed E-state index contributed by atoms with van der Waals surface area (Å²) in [6.45, 7) is 1.86. The second-order valence-corrected chi connectivity index (χ2v) is 4.38. The highest BCUT2D eigenvalue weighted by Crippen LogP contribution is 2.35. The van der Waals surface area contributed by atoms with E-state index in [4.69, 9.17) is 11.6 Å². The minimum absolute atomic E-state index is 0.282. The summed E-state index contributed by atoms with van der Waals surface area (Å²) in [7, 11) is 0. The number of hydrogen-bond donors (Lipinski definition) is 0. The van der Waals surface area contributed by atoms with Crippen molar-refractivity contribution in [2.75, 3.05) is 0 Å². The van der Waals surface area contributed by atoms with Crippen LogP contribution in [0.2, 0.25) is 5.02 Å². The molecular weight excluding hydrogens is 261 g/mol. The molecule has 0 saturated carbocycles. The number of rotatable bonds is 1. The zero-order chi connectivity index (χ0) is 13.3. The summed E-state index contributed by atoms with van der Waals surface area (Å²) in [5, 5.41) is 0.282. The maximum atomic E-state index is 12.6. The molecule has 18 heavy (non-hydrogen) atoms. The number of halogens is 4. The Balaban J connectivity index is 2.57. The lowest BCUT2D eigenvalue weighted by Crippen LogP contribution is -2.04. The number of aryl methyl sites for hydroxylation is 1. The summed E-state index contributed by atoms with van der Waals surface area (Å²) in [5.74, 6) is 0. The van der Waals surface area contributed by atoms with E-state index in [1.807, 2.05) is 13.0 Å². The lowest BCUT2D eigenvalue weighted by atomic mass is 10.0. The summed E-state index contributed by atoms with van der Waals surface area (Å²) in [6, 6.07) is 11.4. The topological polar surface area (TPSA) is 0 Å². The van der Waals surface area contributed by atoms with Crippen molar-refractivity contribution in [1.82, 2.24) is 0 Å². The van der Waals surface area contributed by atoms with E-state index in [0.717, 1.165) is 17.7 Å². The van der Waals surface area contributed by atoms with Crippen LogP contribution in [0, 0.1) is 13.0 Å². The zero-order valence-corrected chi connectivity index (χ0v) is 10.2. The van der Waals surface area contributed by atoms with Crippen LogP contribution in [-0.4, -0.2) is 0 Å². The van der Waals surface area contributed by atoms with Gasteiger partial charge in [0.05, 0.1) is 5.56 Å². The van der Waals surface area contributed by atoms with Crippen molar-refractivity contribution in [1.29, 1.82) is 0 Å². The van der Waals surface area contributed by atoms with E-state index in [9.17, 15) is 13.2 Å². The Morgan fingerprint density at radius 1 is 1.11 bits per heavy atom. The molecule has 0 bridgehead atoms. The third kappa shape index (κ3) is 2.67. The van der Waals surface area contributed by atoms with Crippen molar-refractivity contribution in [2.24, 2.45) is 0 Å². The van der Waals surface area contributed by atoms with Gasteiger partial charge in [0, 0.05) is 10.6 Å². The molecule has 0 amide bonds. The third-order valence-corrected chi connectivity index (χ3v) is 2.87. The number of alkyl halides is 3. The first-order valence-corrected chi connectivity index (χ1v) is 5.61. The van der Waals surface area contributed by atoms with Crippen LogP contribution in [0.1, 0.15) is 11.1 Å². The van der Waals surface area contributed by atoms with Gasteiger partial charge in [-0.05, 0) is 36.8 Å². The molecule has 0 N–H and O–H groups in total. The van der Waals surface area contributed by atoms with E-state index in [1.54, 1.807) is 12.1 Å². The molecule has 0 aromatic heterocycles. The quantitative estimate of drug-likeness (QED) is 0.673. The smallest absolute Gasteiger partial charge is 0.166 e. The summed E-state index contributed by atoms with van der Waals surface area (Å²) in [6.07, 6.45) is -4.37. The van der Waals surface area contributed by atoms with E-state index in [-0.39, 0.29) is 5.02 Å². The molecule has 0 atom stereocenters. The van der Waals surface area contributed by atoms with Crippen molar-refractivity contribution in [3.8, 4) is 11.1 Å². The van der Waals surface area contributed by atoms with Crippen molar-refractivity contribution in [3.05, 3.63) is 58.6 Å². The molecule has 2 aromatic carbocycles. The normalized spacial score (nSPS) is 11.6. The molecule has 2 aromatic rings. The first-order valence-electron chi connectivity index (χ1n) is 5.23. The van der Waals surface area contributed by atoms with E-state index < -0.39 is 11.7 Å². The highest BCUT2D eigenvalue weighted by molar-refractivity contribution is 6.33. The molecule has 0 unspecified atom stereocenters. The monoisotopic (exact) mass is 269 g/mol. The molecule has 93 valence electrons.